The van der Waals surface area contributed by atoms with E-state index in [1.165, 1.54) is 19.3 Å². The molecular weight excluding hydrogens is 126 g/mol. The molecule has 3 atom stereocenters. The van der Waals surface area contributed by atoms with Crippen LogP contribution in [-0.2, 0) is 4.79 Å². The zero-order chi connectivity index (χ0) is 7.14. The minimum atomic E-state index is 0.289. The van der Waals surface area contributed by atoms with E-state index < -0.39 is 0 Å². The largest absolute Gasteiger partial charge is 0.352 e. The van der Waals surface area contributed by atoms with Gasteiger partial charge in [-0.05, 0) is 18.8 Å². The Kier molecular flexibility index (Phi) is 1.22. The van der Waals surface area contributed by atoms with Gasteiger partial charge >= 0.3 is 0 Å². The van der Waals surface area contributed by atoms with Crippen LogP contribution in [0.1, 0.15) is 26.2 Å². The van der Waals surface area contributed by atoms with Gasteiger partial charge in [0, 0.05) is 6.04 Å². The third kappa shape index (κ3) is 0.678. The Balaban J connectivity index is 2.07. The molecule has 1 N–H and O–H groups in total. The quantitative estimate of drug-likeness (QED) is 0.497. The molecule has 3 unspecified atom stereocenters. The SMILES string of the molecule is CC1CCCC2NC(=O)C12. The molecule has 1 saturated carbocycles. The van der Waals surface area contributed by atoms with E-state index in [-0.39, 0.29) is 5.91 Å². The molecule has 10 heavy (non-hydrogen) atoms. The molecule has 1 heterocycles. The molecule has 1 amide bonds. The van der Waals surface area contributed by atoms with E-state index in [0.29, 0.717) is 17.9 Å². The van der Waals surface area contributed by atoms with Crippen molar-refractivity contribution < 1.29 is 4.79 Å². The molecule has 56 valence electrons. The molecule has 0 aromatic rings. The van der Waals surface area contributed by atoms with E-state index in [1.54, 1.807) is 0 Å². The topological polar surface area (TPSA) is 29.1 Å². The molecule has 0 bridgehead atoms. The van der Waals surface area contributed by atoms with Gasteiger partial charge in [-0.15, -0.1) is 0 Å². The van der Waals surface area contributed by atoms with Gasteiger partial charge in [-0.25, -0.2) is 0 Å². The van der Waals surface area contributed by atoms with Crippen molar-refractivity contribution in [3.63, 3.8) is 0 Å². The van der Waals surface area contributed by atoms with Gasteiger partial charge in [-0.1, -0.05) is 13.3 Å². The number of rotatable bonds is 0. The summed E-state index contributed by atoms with van der Waals surface area (Å²) in [6.45, 7) is 2.19. The summed E-state index contributed by atoms with van der Waals surface area (Å²) in [5.74, 6) is 1.29. The molecule has 0 aromatic heterocycles. The molecule has 2 aliphatic rings. The highest BCUT2D eigenvalue weighted by atomic mass is 16.2. The van der Waals surface area contributed by atoms with E-state index in [1.807, 2.05) is 0 Å². The summed E-state index contributed by atoms with van der Waals surface area (Å²) in [7, 11) is 0. The lowest BCUT2D eigenvalue weighted by Gasteiger charge is -2.44. The number of hydrogen-bond donors (Lipinski definition) is 1. The molecule has 0 spiro atoms. The fourth-order valence-corrected chi connectivity index (χ4v) is 2.20. The van der Waals surface area contributed by atoms with E-state index in [2.05, 4.69) is 12.2 Å². The number of carbonyl (C=O) groups excluding carboxylic acids is 1. The van der Waals surface area contributed by atoms with Crippen LogP contribution in [0.25, 0.3) is 0 Å². The lowest BCUT2D eigenvalue weighted by molar-refractivity contribution is -0.139. The predicted molar refractivity (Wildman–Crippen MR) is 38.4 cm³/mol. The van der Waals surface area contributed by atoms with Gasteiger partial charge in [0.05, 0.1) is 5.92 Å². The van der Waals surface area contributed by atoms with Crippen LogP contribution in [-0.4, -0.2) is 11.9 Å². The summed E-state index contributed by atoms with van der Waals surface area (Å²) in [5.41, 5.74) is 0. The first-order valence-corrected chi connectivity index (χ1v) is 4.09. The average molecular weight is 139 g/mol. The molecule has 2 fully saturated rings. The van der Waals surface area contributed by atoms with Crippen LogP contribution >= 0.6 is 0 Å². The minimum Gasteiger partial charge on any atom is -0.352 e. The Morgan fingerprint density at radius 1 is 1.50 bits per heavy atom. The third-order valence-electron chi connectivity index (χ3n) is 2.85. The third-order valence-corrected chi connectivity index (χ3v) is 2.85. The molecule has 0 radical (unpaired) electrons. The second kappa shape index (κ2) is 1.97. The fraction of sp³-hybridized carbons (Fsp3) is 0.875. The zero-order valence-electron chi connectivity index (χ0n) is 6.26. The highest BCUT2D eigenvalue weighted by molar-refractivity contribution is 5.86. The Morgan fingerprint density at radius 3 is 2.80 bits per heavy atom. The van der Waals surface area contributed by atoms with Crippen LogP contribution in [0.3, 0.4) is 0 Å². The van der Waals surface area contributed by atoms with E-state index >= 15 is 0 Å². The first kappa shape index (κ1) is 6.20. The predicted octanol–water partition coefficient (Wildman–Crippen LogP) is 0.921. The Bertz CT molecular complexity index is 161. The van der Waals surface area contributed by atoms with Gasteiger partial charge in [-0.2, -0.15) is 0 Å². The second-order valence-corrected chi connectivity index (χ2v) is 3.55. The fourth-order valence-electron chi connectivity index (χ4n) is 2.20. The number of β-lactam (4-membered cyclic amide) rings is 1. The molecule has 2 heteroatoms. The summed E-state index contributed by atoms with van der Waals surface area (Å²) >= 11 is 0. The standard InChI is InChI=1S/C8H13NO/c1-5-3-2-4-6-7(5)8(10)9-6/h5-7H,2-4H2,1H3,(H,9,10). The lowest BCUT2D eigenvalue weighted by atomic mass is 9.71. The number of carbonyl (C=O) groups is 1. The average Bonchev–Trinajstić information content (AvgIpc) is 1.85. The van der Waals surface area contributed by atoms with Crippen LogP contribution in [0.2, 0.25) is 0 Å². The molecule has 0 aromatic carbocycles. The van der Waals surface area contributed by atoms with Crippen LogP contribution in [0.15, 0.2) is 0 Å². The summed E-state index contributed by atoms with van der Waals surface area (Å²) in [6, 6.07) is 0.538. The summed E-state index contributed by atoms with van der Waals surface area (Å²) in [6.07, 6.45) is 3.75. The smallest absolute Gasteiger partial charge is 0.225 e. The van der Waals surface area contributed by atoms with E-state index in [0.717, 1.165) is 0 Å². The van der Waals surface area contributed by atoms with Crippen LogP contribution < -0.4 is 5.32 Å². The second-order valence-electron chi connectivity index (χ2n) is 3.55. The monoisotopic (exact) mass is 139 g/mol. The van der Waals surface area contributed by atoms with Crippen molar-refractivity contribution >= 4 is 5.91 Å². The maximum atomic E-state index is 11.0. The number of amides is 1. The van der Waals surface area contributed by atoms with Gasteiger partial charge in [-0.3, -0.25) is 4.79 Å². The Labute approximate surface area is 61.0 Å². The maximum Gasteiger partial charge on any atom is 0.225 e. The van der Waals surface area contributed by atoms with Gasteiger partial charge < -0.3 is 5.32 Å². The minimum absolute atomic E-state index is 0.289. The van der Waals surface area contributed by atoms with Crippen molar-refractivity contribution in [2.24, 2.45) is 11.8 Å². The van der Waals surface area contributed by atoms with E-state index in [4.69, 9.17) is 0 Å². The molecule has 2 nitrogen and oxygen atoms in total. The first-order valence-electron chi connectivity index (χ1n) is 4.09. The van der Waals surface area contributed by atoms with Gasteiger partial charge in [0.15, 0.2) is 0 Å². The molecule has 2 rings (SSSR count). The summed E-state index contributed by atoms with van der Waals surface area (Å²) in [5, 5.41) is 2.94. The highest BCUT2D eigenvalue weighted by Crippen LogP contribution is 2.35. The van der Waals surface area contributed by atoms with Crippen molar-refractivity contribution in [2.45, 2.75) is 32.2 Å². The van der Waals surface area contributed by atoms with Crippen LogP contribution in [0.4, 0.5) is 0 Å². The normalized spacial score (nSPS) is 45.3. The van der Waals surface area contributed by atoms with Gasteiger partial charge in [0.1, 0.15) is 0 Å². The van der Waals surface area contributed by atoms with Crippen molar-refractivity contribution in [3.05, 3.63) is 0 Å². The van der Waals surface area contributed by atoms with Crippen LogP contribution in [0.5, 0.6) is 0 Å². The molecule has 1 aliphatic heterocycles. The van der Waals surface area contributed by atoms with Crippen molar-refractivity contribution in [2.75, 3.05) is 0 Å². The highest BCUT2D eigenvalue weighted by Gasteiger charge is 2.44. The summed E-state index contributed by atoms with van der Waals surface area (Å²) < 4.78 is 0. The first-order chi connectivity index (χ1) is 4.79. The lowest BCUT2D eigenvalue weighted by Crippen LogP contribution is -2.61. The van der Waals surface area contributed by atoms with Crippen molar-refractivity contribution in [1.29, 1.82) is 0 Å². The number of fused-ring (bicyclic) bond motifs is 1. The molecular formula is C8H13NO. The van der Waals surface area contributed by atoms with Crippen molar-refractivity contribution in [1.82, 2.24) is 5.32 Å². The zero-order valence-corrected chi connectivity index (χ0v) is 6.26. The number of nitrogens with one attached hydrogen (secondary N) is 1. The number of hydrogen-bond acceptors (Lipinski definition) is 1. The Morgan fingerprint density at radius 2 is 2.30 bits per heavy atom. The van der Waals surface area contributed by atoms with Crippen molar-refractivity contribution in [3.8, 4) is 0 Å². The molecule has 1 aliphatic carbocycles. The Hall–Kier alpha value is -0.530. The van der Waals surface area contributed by atoms with E-state index in [9.17, 15) is 4.79 Å². The molecule has 1 saturated heterocycles. The summed E-state index contributed by atoms with van der Waals surface area (Å²) in [4.78, 5) is 11.0. The maximum absolute atomic E-state index is 11.0. The van der Waals surface area contributed by atoms with Crippen LogP contribution in [0, 0.1) is 11.8 Å². The van der Waals surface area contributed by atoms with Gasteiger partial charge in [0.2, 0.25) is 5.91 Å². The van der Waals surface area contributed by atoms with Gasteiger partial charge in [0.25, 0.3) is 0 Å².